The van der Waals surface area contributed by atoms with Gasteiger partial charge in [0.2, 0.25) is 5.91 Å². The summed E-state index contributed by atoms with van der Waals surface area (Å²) in [5.41, 5.74) is 0.481. The molecule has 1 aromatic rings. The molecule has 180 valence electrons. The summed E-state index contributed by atoms with van der Waals surface area (Å²) in [6.45, 7) is 8.18. The van der Waals surface area contributed by atoms with Gasteiger partial charge in [-0.2, -0.15) is 0 Å². The lowest BCUT2D eigenvalue weighted by Crippen LogP contribution is -2.46. The molecule has 2 heterocycles. The molecule has 0 radical (unpaired) electrons. The van der Waals surface area contributed by atoms with E-state index in [0.717, 1.165) is 50.8 Å². The number of amides is 2. The molecule has 6 nitrogen and oxygen atoms in total. The van der Waals surface area contributed by atoms with Crippen LogP contribution in [0.15, 0.2) is 30.3 Å². The topological polar surface area (TPSA) is 76.5 Å². The molecule has 33 heavy (non-hydrogen) atoms. The number of nitrogens with one attached hydrogen (secondary N) is 2. The summed E-state index contributed by atoms with van der Waals surface area (Å²) in [5, 5.41) is 11.5. The van der Waals surface area contributed by atoms with Crippen LogP contribution in [0.5, 0.6) is 0 Å². The highest BCUT2D eigenvalue weighted by atomic mass is 16.2. The van der Waals surface area contributed by atoms with Gasteiger partial charge in [0.25, 0.3) is 5.91 Å². The highest BCUT2D eigenvalue weighted by molar-refractivity contribution is 6.07. The van der Waals surface area contributed by atoms with Crippen molar-refractivity contribution < 1.29 is 9.59 Å². The molecule has 2 atom stereocenters. The molecule has 1 aromatic carbocycles. The minimum atomic E-state index is -0.674. The zero-order chi connectivity index (χ0) is 23.6. The summed E-state index contributed by atoms with van der Waals surface area (Å²) in [5.74, 6) is 1.65. The van der Waals surface area contributed by atoms with E-state index in [1.807, 2.05) is 25.1 Å². The fourth-order valence-electron chi connectivity index (χ4n) is 6.27. The number of piperidine rings is 1. The molecule has 2 N–H and O–H groups in total. The highest BCUT2D eigenvalue weighted by Gasteiger charge is 2.46. The Labute approximate surface area is 198 Å². The summed E-state index contributed by atoms with van der Waals surface area (Å²) < 4.78 is 0. The SMILES string of the molecule is CC(C)CC1(C)NC(=N)N(CC2CCN(C(=O)C(c3ccccc3)C3CCCC3)CC2)C1=O. The number of rotatable bonds is 7. The van der Waals surface area contributed by atoms with E-state index in [1.54, 1.807) is 4.90 Å². The minimum Gasteiger partial charge on any atom is -0.342 e. The molecule has 0 spiro atoms. The molecule has 4 rings (SSSR count). The van der Waals surface area contributed by atoms with E-state index in [4.69, 9.17) is 5.41 Å². The van der Waals surface area contributed by atoms with Gasteiger partial charge in [-0.05, 0) is 62.3 Å². The maximum absolute atomic E-state index is 13.6. The zero-order valence-corrected chi connectivity index (χ0v) is 20.5. The number of nitrogens with zero attached hydrogens (tertiary/aromatic N) is 2. The van der Waals surface area contributed by atoms with Crippen LogP contribution in [0, 0.1) is 23.2 Å². The van der Waals surface area contributed by atoms with Crippen molar-refractivity contribution >= 4 is 17.8 Å². The van der Waals surface area contributed by atoms with Gasteiger partial charge in [-0.1, -0.05) is 57.0 Å². The van der Waals surface area contributed by atoms with Crippen LogP contribution < -0.4 is 5.32 Å². The van der Waals surface area contributed by atoms with Gasteiger partial charge in [0, 0.05) is 19.6 Å². The first kappa shape index (κ1) is 23.8. The Morgan fingerprint density at radius 3 is 2.36 bits per heavy atom. The zero-order valence-electron chi connectivity index (χ0n) is 20.5. The normalized spacial score (nSPS) is 25.7. The van der Waals surface area contributed by atoms with E-state index >= 15 is 0 Å². The second-order valence-corrected chi connectivity index (χ2v) is 11.0. The molecular weight excluding hydrogens is 412 g/mol. The second kappa shape index (κ2) is 9.86. The lowest BCUT2D eigenvalue weighted by Gasteiger charge is -2.37. The number of carbonyl (C=O) groups excluding carboxylic acids is 2. The Morgan fingerprint density at radius 2 is 1.76 bits per heavy atom. The van der Waals surface area contributed by atoms with Crippen LogP contribution in [0.3, 0.4) is 0 Å². The summed E-state index contributed by atoms with van der Waals surface area (Å²) in [6.07, 6.45) is 7.23. The molecule has 0 bridgehead atoms. The van der Waals surface area contributed by atoms with Gasteiger partial charge in [-0.3, -0.25) is 19.9 Å². The molecule has 1 saturated carbocycles. The van der Waals surface area contributed by atoms with Gasteiger partial charge in [-0.15, -0.1) is 0 Å². The first-order valence-electron chi connectivity index (χ1n) is 12.8. The van der Waals surface area contributed by atoms with E-state index in [9.17, 15) is 9.59 Å². The van der Waals surface area contributed by atoms with Crippen molar-refractivity contribution in [3.8, 4) is 0 Å². The summed E-state index contributed by atoms with van der Waals surface area (Å²) in [7, 11) is 0. The monoisotopic (exact) mass is 452 g/mol. The molecular formula is C27H40N4O2. The standard InChI is InChI=1S/C27H40N4O2/c1-19(2)17-27(3)25(33)31(26(28)29-27)18-20-13-15-30(16-14-20)24(32)23(22-11-7-8-12-22)21-9-5-4-6-10-21/h4-6,9-10,19-20,22-23H,7-8,11-18H2,1-3H3,(H2,28,29). The van der Waals surface area contributed by atoms with Gasteiger partial charge in [0.1, 0.15) is 5.54 Å². The van der Waals surface area contributed by atoms with Gasteiger partial charge in [-0.25, -0.2) is 0 Å². The average Bonchev–Trinajstić information content (AvgIpc) is 3.38. The van der Waals surface area contributed by atoms with Crippen molar-refractivity contribution in [3.05, 3.63) is 35.9 Å². The van der Waals surface area contributed by atoms with Crippen molar-refractivity contribution in [2.24, 2.45) is 17.8 Å². The van der Waals surface area contributed by atoms with Crippen molar-refractivity contribution in [3.63, 3.8) is 0 Å². The molecule has 0 aromatic heterocycles. The Morgan fingerprint density at radius 1 is 1.12 bits per heavy atom. The molecule has 3 aliphatic rings. The summed E-state index contributed by atoms with van der Waals surface area (Å²) in [4.78, 5) is 30.4. The minimum absolute atomic E-state index is 0.0186. The van der Waals surface area contributed by atoms with Crippen molar-refractivity contribution in [1.82, 2.24) is 15.1 Å². The predicted molar refractivity (Wildman–Crippen MR) is 131 cm³/mol. The van der Waals surface area contributed by atoms with Gasteiger partial charge >= 0.3 is 0 Å². The van der Waals surface area contributed by atoms with Crippen LogP contribution >= 0.6 is 0 Å². The highest BCUT2D eigenvalue weighted by Crippen LogP contribution is 2.39. The number of likely N-dealkylation sites (tertiary alicyclic amines) is 1. The number of guanidine groups is 1. The first-order valence-corrected chi connectivity index (χ1v) is 12.8. The molecule has 2 amide bonds. The molecule has 3 fully saturated rings. The molecule has 2 aliphatic heterocycles. The number of carbonyl (C=O) groups is 2. The van der Waals surface area contributed by atoms with Gasteiger partial charge < -0.3 is 10.2 Å². The number of benzene rings is 1. The quantitative estimate of drug-likeness (QED) is 0.645. The summed E-state index contributed by atoms with van der Waals surface area (Å²) in [6, 6.07) is 10.3. The smallest absolute Gasteiger partial charge is 0.254 e. The van der Waals surface area contributed by atoms with Crippen LogP contribution in [0.25, 0.3) is 0 Å². The van der Waals surface area contributed by atoms with Crippen LogP contribution in [0.1, 0.15) is 77.2 Å². The lowest BCUT2D eigenvalue weighted by molar-refractivity contribution is -0.136. The number of hydrogen-bond donors (Lipinski definition) is 2. The Kier molecular flexibility index (Phi) is 7.10. The van der Waals surface area contributed by atoms with E-state index in [1.165, 1.54) is 12.8 Å². The maximum atomic E-state index is 13.6. The Balaban J connectivity index is 1.37. The third-order valence-corrected chi connectivity index (χ3v) is 7.86. The molecule has 2 unspecified atom stereocenters. The van der Waals surface area contributed by atoms with Gasteiger partial charge in [0.15, 0.2) is 5.96 Å². The van der Waals surface area contributed by atoms with E-state index in [2.05, 4.69) is 36.2 Å². The van der Waals surface area contributed by atoms with E-state index in [-0.39, 0.29) is 23.7 Å². The predicted octanol–water partition coefficient (Wildman–Crippen LogP) is 4.37. The second-order valence-electron chi connectivity index (χ2n) is 11.0. The maximum Gasteiger partial charge on any atom is 0.254 e. The summed E-state index contributed by atoms with van der Waals surface area (Å²) >= 11 is 0. The van der Waals surface area contributed by atoms with E-state index in [0.29, 0.717) is 24.3 Å². The van der Waals surface area contributed by atoms with Crippen LogP contribution in [0.4, 0.5) is 0 Å². The fourth-order valence-corrected chi connectivity index (χ4v) is 6.27. The third kappa shape index (κ3) is 5.10. The third-order valence-electron chi connectivity index (χ3n) is 7.86. The fraction of sp³-hybridized carbons (Fsp3) is 0.667. The largest absolute Gasteiger partial charge is 0.342 e. The van der Waals surface area contributed by atoms with Crippen LogP contribution in [-0.4, -0.2) is 52.7 Å². The molecule has 2 saturated heterocycles. The van der Waals surface area contributed by atoms with Crippen LogP contribution in [-0.2, 0) is 9.59 Å². The first-order chi connectivity index (χ1) is 15.8. The molecule has 1 aliphatic carbocycles. The molecule has 6 heteroatoms. The van der Waals surface area contributed by atoms with Crippen molar-refractivity contribution in [2.45, 2.75) is 77.2 Å². The van der Waals surface area contributed by atoms with Crippen LogP contribution in [0.2, 0.25) is 0 Å². The Hall–Kier alpha value is -2.37. The van der Waals surface area contributed by atoms with Gasteiger partial charge in [0.05, 0.1) is 5.92 Å². The lowest BCUT2D eigenvalue weighted by atomic mass is 9.83. The Bertz CT molecular complexity index is 856. The average molecular weight is 453 g/mol. The van der Waals surface area contributed by atoms with Crippen molar-refractivity contribution in [1.29, 1.82) is 5.41 Å². The number of hydrogen-bond acceptors (Lipinski definition) is 3. The van der Waals surface area contributed by atoms with E-state index < -0.39 is 5.54 Å². The van der Waals surface area contributed by atoms with Crippen molar-refractivity contribution in [2.75, 3.05) is 19.6 Å².